The lowest BCUT2D eigenvalue weighted by Gasteiger charge is -2.42. The Balaban J connectivity index is 1.59. The van der Waals surface area contributed by atoms with E-state index in [1.165, 1.54) is 0 Å². The van der Waals surface area contributed by atoms with Gasteiger partial charge < -0.3 is 19.9 Å². The van der Waals surface area contributed by atoms with E-state index in [1.54, 1.807) is 48.2 Å². The van der Waals surface area contributed by atoms with E-state index in [9.17, 15) is 9.59 Å². The topological polar surface area (TPSA) is 98.7 Å². The van der Waals surface area contributed by atoms with Crippen LogP contribution in [0.2, 0.25) is 10.0 Å². The summed E-state index contributed by atoms with van der Waals surface area (Å²) in [5, 5.41) is 5.19. The van der Waals surface area contributed by atoms with Crippen molar-refractivity contribution in [3.05, 3.63) is 69.9 Å². The van der Waals surface area contributed by atoms with E-state index >= 15 is 0 Å². The van der Waals surface area contributed by atoms with Crippen molar-refractivity contribution in [2.24, 2.45) is 11.1 Å². The first-order valence-corrected chi connectivity index (χ1v) is 11.7. The zero-order valence-electron chi connectivity index (χ0n) is 18.7. The normalized spacial score (nSPS) is 18.0. The Labute approximate surface area is 207 Å². The highest BCUT2D eigenvalue weighted by Crippen LogP contribution is 2.37. The van der Waals surface area contributed by atoms with Crippen LogP contribution in [-0.2, 0) is 4.79 Å². The van der Waals surface area contributed by atoms with Crippen molar-refractivity contribution in [3.8, 4) is 17.0 Å². The molecule has 0 radical (unpaired) electrons. The van der Waals surface area contributed by atoms with Crippen molar-refractivity contribution in [2.75, 3.05) is 19.7 Å². The van der Waals surface area contributed by atoms with Gasteiger partial charge in [0.2, 0.25) is 5.91 Å². The number of benzene rings is 2. The molecule has 1 saturated heterocycles. The number of aryl methyl sites for hydroxylation is 1. The van der Waals surface area contributed by atoms with Gasteiger partial charge >= 0.3 is 0 Å². The van der Waals surface area contributed by atoms with E-state index in [1.807, 2.05) is 12.1 Å². The van der Waals surface area contributed by atoms with Crippen LogP contribution in [0, 0.1) is 12.3 Å². The van der Waals surface area contributed by atoms with Crippen LogP contribution in [0.4, 0.5) is 0 Å². The Bertz CT molecular complexity index is 1200. The molecule has 0 spiro atoms. The van der Waals surface area contributed by atoms with E-state index in [0.717, 1.165) is 0 Å². The fourth-order valence-electron chi connectivity index (χ4n) is 4.45. The van der Waals surface area contributed by atoms with Crippen LogP contribution in [0.15, 0.2) is 53.1 Å². The van der Waals surface area contributed by atoms with Crippen molar-refractivity contribution < 1.29 is 18.8 Å². The highest BCUT2D eigenvalue weighted by molar-refractivity contribution is 6.33. The number of nitrogens with two attached hydrogens (primary N) is 1. The van der Waals surface area contributed by atoms with Gasteiger partial charge in [0.1, 0.15) is 22.8 Å². The lowest BCUT2D eigenvalue weighted by atomic mass is 9.77. The third-order valence-corrected chi connectivity index (χ3v) is 6.64. The van der Waals surface area contributed by atoms with Crippen LogP contribution in [0.5, 0.6) is 5.75 Å². The molecule has 178 valence electrons. The molecule has 0 aliphatic carbocycles. The molecule has 0 saturated carbocycles. The molecule has 1 fully saturated rings. The molecule has 34 heavy (non-hydrogen) atoms. The Morgan fingerprint density at radius 3 is 2.62 bits per heavy atom. The van der Waals surface area contributed by atoms with E-state index in [2.05, 4.69) is 5.16 Å². The Morgan fingerprint density at radius 1 is 1.18 bits per heavy atom. The summed E-state index contributed by atoms with van der Waals surface area (Å²) in [5.74, 6) is 0.372. The zero-order valence-corrected chi connectivity index (χ0v) is 20.2. The molecular formula is C25H25Cl2N3O4. The van der Waals surface area contributed by atoms with E-state index in [0.29, 0.717) is 64.3 Å². The van der Waals surface area contributed by atoms with Crippen molar-refractivity contribution in [1.29, 1.82) is 0 Å². The second-order valence-corrected chi connectivity index (χ2v) is 9.50. The summed E-state index contributed by atoms with van der Waals surface area (Å²) in [5.41, 5.74) is 6.37. The van der Waals surface area contributed by atoms with Crippen LogP contribution in [-0.4, -0.2) is 41.6 Å². The van der Waals surface area contributed by atoms with Gasteiger partial charge in [0.25, 0.3) is 5.91 Å². The van der Waals surface area contributed by atoms with Crippen LogP contribution in [0.3, 0.4) is 0 Å². The molecule has 0 bridgehead atoms. The minimum Gasteiger partial charge on any atom is -0.493 e. The summed E-state index contributed by atoms with van der Waals surface area (Å²) in [7, 11) is 0. The molecule has 1 aliphatic heterocycles. The predicted molar refractivity (Wildman–Crippen MR) is 130 cm³/mol. The van der Waals surface area contributed by atoms with Crippen molar-refractivity contribution in [3.63, 3.8) is 0 Å². The summed E-state index contributed by atoms with van der Waals surface area (Å²) in [4.78, 5) is 27.4. The summed E-state index contributed by atoms with van der Waals surface area (Å²) in [6, 6.07) is 14.2. The summed E-state index contributed by atoms with van der Waals surface area (Å²) >= 11 is 12.3. The average Bonchev–Trinajstić information content (AvgIpc) is 3.19. The molecule has 2 heterocycles. The largest absolute Gasteiger partial charge is 0.493 e. The van der Waals surface area contributed by atoms with E-state index in [4.69, 9.17) is 38.2 Å². The second-order valence-electron chi connectivity index (χ2n) is 8.66. The van der Waals surface area contributed by atoms with Gasteiger partial charge in [0.15, 0.2) is 0 Å². The number of halogens is 2. The maximum Gasteiger partial charge on any atom is 0.259 e. The van der Waals surface area contributed by atoms with Crippen LogP contribution >= 0.6 is 23.2 Å². The first kappa shape index (κ1) is 24.1. The number of carbonyl (C=O) groups excluding carboxylic acids is 2. The van der Waals surface area contributed by atoms with Gasteiger partial charge in [-0.25, -0.2) is 0 Å². The van der Waals surface area contributed by atoms with Crippen LogP contribution in [0.1, 0.15) is 35.4 Å². The molecule has 1 aromatic heterocycles. The fraction of sp³-hybridized carbons (Fsp3) is 0.320. The molecule has 1 aliphatic rings. The number of ether oxygens (including phenoxy) is 1. The SMILES string of the molecule is Cc1onc(-c2ccccc2Cl)c1C(=O)N1CCC[C@](COc2ccc(Cl)cc2)(CC(N)=O)C1. The second kappa shape index (κ2) is 10.1. The lowest BCUT2D eigenvalue weighted by Crippen LogP contribution is -2.50. The molecule has 0 unspecified atom stereocenters. The van der Waals surface area contributed by atoms with Crippen molar-refractivity contribution in [1.82, 2.24) is 10.1 Å². The van der Waals surface area contributed by atoms with Gasteiger partial charge in [-0.3, -0.25) is 9.59 Å². The average molecular weight is 502 g/mol. The molecule has 2 aromatic carbocycles. The lowest BCUT2D eigenvalue weighted by molar-refractivity contribution is -0.122. The number of hydrogen-bond donors (Lipinski definition) is 1. The van der Waals surface area contributed by atoms with E-state index in [-0.39, 0.29) is 18.9 Å². The molecule has 9 heteroatoms. The first-order valence-electron chi connectivity index (χ1n) is 11.0. The monoisotopic (exact) mass is 501 g/mol. The molecule has 7 nitrogen and oxygen atoms in total. The van der Waals surface area contributed by atoms with Gasteiger partial charge in [-0.05, 0) is 50.1 Å². The number of nitrogens with zero attached hydrogens (tertiary/aromatic N) is 2. The molecular weight excluding hydrogens is 477 g/mol. The number of likely N-dealkylation sites (tertiary alicyclic amines) is 1. The fourth-order valence-corrected chi connectivity index (χ4v) is 4.80. The molecule has 4 rings (SSSR count). The maximum atomic E-state index is 13.7. The molecule has 2 amide bonds. The third kappa shape index (κ3) is 5.21. The third-order valence-electron chi connectivity index (χ3n) is 6.06. The van der Waals surface area contributed by atoms with Crippen LogP contribution < -0.4 is 10.5 Å². The van der Waals surface area contributed by atoms with Gasteiger partial charge in [0, 0.05) is 35.5 Å². The number of carbonyl (C=O) groups is 2. The number of amides is 2. The van der Waals surface area contributed by atoms with Crippen molar-refractivity contribution in [2.45, 2.75) is 26.2 Å². The number of aromatic nitrogens is 1. The Morgan fingerprint density at radius 2 is 1.91 bits per heavy atom. The number of rotatable bonds is 7. The number of hydrogen-bond acceptors (Lipinski definition) is 5. The Hall–Kier alpha value is -3.03. The highest BCUT2D eigenvalue weighted by atomic mass is 35.5. The summed E-state index contributed by atoms with van der Waals surface area (Å²) < 4.78 is 11.4. The summed E-state index contributed by atoms with van der Waals surface area (Å²) in [6.45, 7) is 2.79. The first-order chi connectivity index (χ1) is 16.3. The standard InChI is InChI=1S/C25H25Cl2N3O4/c1-16-22(23(29-34-16)19-5-2-3-6-20(19)27)24(32)30-12-4-11-25(14-30,13-21(28)31)15-33-18-9-7-17(26)8-10-18/h2-3,5-10H,4,11-15H2,1H3,(H2,28,31)/t25-/m0/s1. The van der Waals surface area contributed by atoms with Gasteiger partial charge in [-0.2, -0.15) is 0 Å². The van der Waals surface area contributed by atoms with Crippen molar-refractivity contribution >= 4 is 35.0 Å². The smallest absolute Gasteiger partial charge is 0.259 e. The molecule has 3 aromatic rings. The maximum absolute atomic E-state index is 13.7. The zero-order chi connectivity index (χ0) is 24.3. The number of primary amides is 1. The minimum atomic E-state index is -0.616. The molecule has 2 N–H and O–H groups in total. The quantitative estimate of drug-likeness (QED) is 0.483. The highest BCUT2D eigenvalue weighted by Gasteiger charge is 2.41. The van der Waals surface area contributed by atoms with Gasteiger partial charge in [0.05, 0.1) is 11.6 Å². The van der Waals surface area contributed by atoms with Gasteiger partial charge in [-0.15, -0.1) is 0 Å². The Kier molecular flexibility index (Phi) is 7.14. The summed E-state index contributed by atoms with van der Waals surface area (Å²) in [6.07, 6.45) is 1.51. The number of piperidine rings is 1. The van der Waals surface area contributed by atoms with Gasteiger partial charge in [-0.1, -0.05) is 46.6 Å². The predicted octanol–water partition coefficient (Wildman–Crippen LogP) is 5.13. The van der Waals surface area contributed by atoms with E-state index < -0.39 is 11.3 Å². The molecule has 1 atom stereocenters. The minimum absolute atomic E-state index is 0.102. The van der Waals surface area contributed by atoms with Crippen LogP contribution in [0.25, 0.3) is 11.3 Å².